The molecule has 0 aliphatic carbocycles. The predicted octanol–water partition coefficient (Wildman–Crippen LogP) is 4.99. The van der Waals surface area contributed by atoms with Gasteiger partial charge in [-0.3, -0.25) is 0 Å². The van der Waals surface area contributed by atoms with Gasteiger partial charge in [-0.15, -0.1) is 6.42 Å². The Labute approximate surface area is 176 Å². The van der Waals surface area contributed by atoms with Crippen molar-refractivity contribution in [3.63, 3.8) is 0 Å². The molecule has 0 spiro atoms. The Balaban J connectivity index is 2.33. The number of hydrogen-bond donors (Lipinski definition) is 0. The highest BCUT2D eigenvalue weighted by atomic mass is 32.2. The van der Waals surface area contributed by atoms with Crippen LogP contribution in [0.15, 0.2) is 59.5 Å². The molecule has 0 amide bonds. The van der Waals surface area contributed by atoms with E-state index in [1.54, 1.807) is 0 Å². The molecule has 3 rings (SSSR count). The van der Waals surface area contributed by atoms with Crippen LogP contribution in [0.4, 0.5) is 17.6 Å². The van der Waals surface area contributed by atoms with E-state index in [0.717, 1.165) is 18.4 Å². The first-order valence-electron chi connectivity index (χ1n) is 8.75. The molecular formula is C22H15F4NO3S. The Kier molecular flexibility index (Phi) is 6.04. The van der Waals surface area contributed by atoms with Crippen molar-refractivity contribution in [2.75, 3.05) is 12.9 Å². The maximum atomic E-state index is 13.9. The van der Waals surface area contributed by atoms with E-state index < -0.39 is 27.5 Å². The van der Waals surface area contributed by atoms with E-state index in [2.05, 4.69) is 10.9 Å². The zero-order valence-corrected chi connectivity index (χ0v) is 16.9. The average molecular weight is 449 g/mol. The van der Waals surface area contributed by atoms with Crippen molar-refractivity contribution in [1.82, 2.24) is 4.98 Å². The third-order valence-electron chi connectivity index (χ3n) is 4.29. The molecule has 4 nitrogen and oxygen atoms in total. The quantitative estimate of drug-likeness (QED) is 0.407. The van der Waals surface area contributed by atoms with Crippen molar-refractivity contribution in [1.29, 1.82) is 0 Å². The summed E-state index contributed by atoms with van der Waals surface area (Å²) >= 11 is 0. The van der Waals surface area contributed by atoms with Crippen molar-refractivity contribution in [3.05, 3.63) is 66.1 Å². The third kappa shape index (κ3) is 5.03. The highest BCUT2D eigenvalue weighted by molar-refractivity contribution is 7.90. The van der Waals surface area contributed by atoms with Crippen LogP contribution < -0.4 is 4.74 Å². The lowest BCUT2D eigenvalue weighted by molar-refractivity contribution is -0.140. The summed E-state index contributed by atoms with van der Waals surface area (Å²) in [4.78, 5) is 3.60. The molecular weight excluding hydrogens is 434 g/mol. The molecule has 0 N–H and O–H groups in total. The lowest BCUT2D eigenvalue weighted by atomic mass is 9.93. The van der Waals surface area contributed by atoms with Gasteiger partial charge < -0.3 is 4.74 Å². The monoisotopic (exact) mass is 449 g/mol. The SMILES string of the molecule is C#CCOc1cc(-c2ccc(S(C)(=O)=O)cc2)c(-c2ccc(F)cc2)c(C(F)(F)F)n1. The number of ether oxygens (including phenoxy) is 1. The minimum atomic E-state index is -4.86. The molecule has 1 heterocycles. The van der Waals surface area contributed by atoms with E-state index in [4.69, 9.17) is 11.2 Å². The van der Waals surface area contributed by atoms with E-state index in [-0.39, 0.29) is 39.6 Å². The summed E-state index contributed by atoms with van der Waals surface area (Å²) in [5.74, 6) is 1.20. The molecule has 3 aromatic rings. The van der Waals surface area contributed by atoms with Crippen LogP contribution in [0, 0.1) is 18.2 Å². The lowest BCUT2D eigenvalue weighted by Gasteiger charge is -2.18. The van der Waals surface area contributed by atoms with Gasteiger partial charge in [0.2, 0.25) is 5.88 Å². The highest BCUT2D eigenvalue weighted by Gasteiger charge is 2.38. The maximum Gasteiger partial charge on any atom is 0.434 e. The van der Waals surface area contributed by atoms with E-state index in [1.165, 1.54) is 42.5 Å². The van der Waals surface area contributed by atoms with Gasteiger partial charge in [-0.2, -0.15) is 13.2 Å². The van der Waals surface area contributed by atoms with Crippen LogP contribution in [0.1, 0.15) is 5.69 Å². The van der Waals surface area contributed by atoms with Crippen LogP contribution in [0.5, 0.6) is 5.88 Å². The van der Waals surface area contributed by atoms with E-state index in [1.807, 2.05) is 0 Å². The molecule has 0 fully saturated rings. The Bertz CT molecular complexity index is 1240. The van der Waals surface area contributed by atoms with Crippen LogP contribution in [-0.2, 0) is 16.0 Å². The molecule has 160 valence electrons. The topological polar surface area (TPSA) is 56.3 Å². The number of aromatic nitrogens is 1. The number of halogens is 4. The van der Waals surface area contributed by atoms with Crippen molar-refractivity contribution < 1.29 is 30.7 Å². The zero-order chi connectivity index (χ0) is 22.8. The first kappa shape index (κ1) is 22.3. The van der Waals surface area contributed by atoms with Crippen molar-refractivity contribution in [3.8, 4) is 40.5 Å². The fraction of sp³-hybridized carbons (Fsp3) is 0.136. The summed E-state index contributed by atoms with van der Waals surface area (Å²) in [6.45, 7) is -0.299. The first-order valence-corrected chi connectivity index (χ1v) is 10.6. The summed E-state index contributed by atoms with van der Waals surface area (Å²) in [5.41, 5.74) is -1.11. The van der Waals surface area contributed by atoms with Crippen molar-refractivity contribution in [2.24, 2.45) is 0 Å². The second kappa shape index (κ2) is 8.40. The number of pyridine rings is 1. The predicted molar refractivity (Wildman–Crippen MR) is 108 cm³/mol. The van der Waals surface area contributed by atoms with Gasteiger partial charge in [0, 0.05) is 17.9 Å². The summed E-state index contributed by atoms with van der Waals surface area (Å²) in [5, 5.41) is 0. The summed E-state index contributed by atoms with van der Waals surface area (Å²) in [6.07, 6.45) is 1.28. The number of sulfone groups is 1. The smallest absolute Gasteiger partial charge is 0.434 e. The normalized spacial score (nSPS) is 11.7. The summed E-state index contributed by atoms with van der Waals surface area (Å²) in [7, 11) is -3.50. The molecule has 1 aromatic heterocycles. The number of terminal acetylenes is 1. The van der Waals surface area contributed by atoms with Gasteiger partial charge in [0.15, 0.2) is 22.1 Å². The molecule has 0 aliphatic rings. The van der Waals surface area contributed by atoms with Gasteiger partial charge >= 0.3 is 6.18 Å². The van der Waals surface area contributed by atoms with Crippen LogP contribution >= 0.6 is 0 Å². The van der Waals surface area contributed by atoms with Gasteiger partial charge in [0.1, 0.15) is 5.82 Å². The Morgan fingerprint density at radius 1 is 1.03 bits per heavy atom. The van der Waals surface area contributed by atoms with Gasteiger partial charge in [-0.25, -0.2) is 17.8 Å². The molecule has 0 unspecified atom stereocenters. The van der Waals surface area contributed by atoms with Gasteiger partial charge in [0.25, 0.3) is 0 Å². The second-order valence-electron chi connectivity index (χ2n) is 6.53. The largest absolute Gasteiger partial charge is 0.464 e. The van der Waals surface area contributed by atoms with Gasteiger partial charge in [-0.05, 0) is 41.0 Å². The average Bonchev–Trinajstić information content (AvgIpc) is 2.71. The number of benzene rings is 2. The van der Waals surface area contributed by atoms with Crippen molar-refractivity contribution in [2.45, 2.75) is 11.1 Å². The minimum Gasteiger partial charge on any atom is -0.464 e. The number of hydrogen-bond acceptors (Lipinski definition) is 4. The molecule has 0 aliphatic heterocycles. The van der Waals surface area contributed by atoms with Crippen LogP contribution in [0.25, 0.3) is 22.3 Å². The number of nitrogens with zero attached hydrogens (tertiary/aromatic N) is 1. The fourth-order valence-corrected chi connectivity index (χ4v) is 3.56. The van der Waals surface area contributed by atoms with E-state index >= 15 is 0 Å². The number of alkyl halides is 3. The van der Waals surface area contributed by atoms with Crippen LogP contribution in [-0.4, -0.2) is 26.3 Å². The van der Waals surface area contributed by atoms with E-state index in [0.29, 0.717) is 0 Å². The molecule has 0 saturated carbocycles. The molecule has 0 radical (unpaired) electrons. The zero-order valence-electron chi connectivity index (χ0n) is 16.1. The summed E-state index contributed by atoms with van der Waals surface area (Å²) in [6, 6.07) is 11.1. The van der Waals surface area contributed by atoms with Crippen LogP contribution in [0.2, 0.25) is 0 Å². The molecule has 0 atom stereocenters. The van der Waals surface area contributed by atoms with E-state index in [9.17, 15) is 26.0 Å². The lowest BCUT2D eigenvalue weighted by Crippen LogP contribution is -2.13. The van der Waals surface area contributed by atoms with Gasteiger partial charge in [0.05, 0.1) is 4.90 Å². The fourth-order valence-electron chi connectivity index (χ4n) is 2.93. The summed E-state index contributed by atoms with van der Waals surface area (Å²) < 4.78 is 83.7. The third-order valence-corrected chi connectivity index (χ3v) is 5.42. The maximum absolute atomic E-state index is 13.9. The Hall–Kier alpha value is -3.38. The van der Waals surface area contributed by atoms with Gasteiger partial charge in [-0.1, -0.05) is 30.2 Å². The Morgan fingerprint density at radius 3 is 2.13 bits per heavy atom. The molecule has 0 saturated heterocycles. The molecule has 31 heavy (non-hydrogen) atoms. The first-order chi connectivity index (χ1) is 14.5. The van der Waals surface area contributed by atoms with Crippen molar-refractivity contribution >= 4 is 9.84 Å². The second-order valence-corrected chi connectivity index (χ2v) is 8.54. The Morgan fingerprint density at radius 2 is 1.61 bits per heavy atom. The minimum absolute atomic E-state index is 0.00786. The molecule has 2 aromatic carbocycles. The standard InChI is InChI=1S/C22H15F4NO3S/c1-3-12-30-19-13-18(14-6-10-17(11-7-14)31(2,28)29)20(21(27-19)22(24,25)26)15-4-8-16(23)9-5-15/h1,4-11,13H,12H2,2H3. The molecule has 0 bridgehead atoms. The van der Waals surface area contributed by atoms with Crippen LogP contribution in [0.3, 0.4) is 0 Å². The number of rotatable bonds is 5. The highest BCUT2D eigenvalue weighted by Crippen LogP contribution is 2.43. The molecule has 9 heteroatoms.